The maximum absolute atomic E-state index is 11.7. The van der Waals surface area contributed by atoms with Crippen molar-refractivity contribution in [3.05, 3.63) is 0 Å². The van der Waals surface area contributed by atoms with E-state index in [9.17, 15) is 9.90 Å². The highest BCUT2D eigenvalue weighted by Crippen LogP contribution is 2.37. The molecule has 2 aliphatic rings. The van der Waals surface area contributed by atoms with E-state index in [1.54, 1.807) is 6.92 Å². The van der Waals surface area contributed by atoms with Crippen LogP contribution in [0, 0.1) is 5.92 Å². The fourth-order valence-corrected chi connectivity index (χ4v) is 2.89. The van der Waals surface area contributed by atoms with Crippen molar-refractivity contribution in [1.82, 2.24) is 4.90 Å². The minimum Gasteiger partial charge on any atom is -0.393 e. The van der Waals surface area contributed by atoms with E-state index in [1.807, 2.05) is 0 Å². The largest absolute Gasteiger partial charge is 0.393 e. The molecule has 0 spiro atoms. The second kappa shape index (κ2) is 3.07. The van der Waals surface area contributed by atoms with Gasteiger partial charge in [0.2, 0.25) is 0 Å². The number of aliphatic hydroxyl groups excluding tert-OH is 1. The molecule has 4 atom stereocenters. The van der Waals surface area contributed by atoms with Crippen LogP contribution in [-0.2, 0) is 4.79 Å². The first-order chi connectivity index (χ1) is 6.11. The summed E-state index contributed by atoms with van der Waals surface area (Å²) in [5.41, 5.74) is 0. The van der Waals surface area contributed by atoms with Gasteiger partial charge in [0, 0.05) is 18.5 Å². The predicted molar refractivity (Wildman–Crippen MR) is 49.4 cm³/mol. The van der Waals surface area contributed by atoms with E-state index < -0.39 is 6.10 Å². The molecule has 2 aliphatic heterocycles. The maximum atomic E-state index is 11.7. The number of nitrogens with zero attached hydrogens (tertiary/aromatic N) is 1. The van der Waals surface area contributed by atoms with Crippen LogP contribution in [0.2, 0.25) is 0 Å². The highest BCUT2D eigenvalue weighted by molar-refractivity contribution is 5.84. The Balaban J connectivity index is 2.22. The molecule has 2 bridgehead atoms. The van der Waals surface area contributed by atoms with Gasteiger partial charge in [0.15, 0.2) is 0 Å². The second-order valence-corrected chi connectivity index (χ2v) is 4.40. The Morgan fingerprint density at radius 1 is 1.54 bits per heavy atom. The summed E-state index contributed by atoms with van der Waals surface area (Å²) in [5.74, 6) is 0.129. The smallest absolute Gasteiger partial charge is 0.141 e. The van der Waals surface area contributed by atoms with Crippen molar-refractivity contribution >= 4 is 5.78 Å². The SMILES string of the molecule is CC(O)C1C(=O)CC2CCC1N2C. The number of hydrogen-bond acceptors (Lipinski definition) is 3. The van der Waals surface area contributed by atoms with Crippen LogP contribution >= 0.6 is 0 Å². The molecular formula is C10H17NO2. The van der Waals surface area contributed by atoms with E-state index in [4.69, 9.17) is 0 Å². The molecule has 3 nitrogen and oxygen atoms in total. The first-order valence-electron chi connectivity index (χ1n) is 5.04. The summed E-state index contributed by atoms with van der Waals surface area (Å²) in [6.07, 6.45) is 2.35. The minimum absolute atomic E-state index is 0.135. The Labute approximate surface area is 78.7 Å². The lowest BCUT2D eigenvalue weighted by Gasteiger charge is -2.37. The highest BCUT2D eigenvalue weighted by Gasteiger charge is 2.46. The van der Waals surface area contributed by atoms with Crippen molar-refractivity contribution in [3.63, 3.8) is 0 Å². The quantitative estimate of drug-likeness (QED) is 0.640. The number of hydrogen-bond donors (Lipinski definition) is 1. The molecule has 0 amide bonds. The van der Waals surface area contributed by atoms with Crippen molar-refractivity contribution in [3.8, 4) is 0 Å². The van der Waals surface area contributed by atoms with Crippen LogP contribution < -0.4 is 0 Å². The molecule has 0 saturated carbocycles. The van der Waals surface area contributed by atoms with Crippen LogP contribution in [0.25, 0.3) is 0 Å². The molecule has 2 fully saturated rings. The number of rotatable bonds is 1. The summed E-state index contributed by atoms with van der Waals surface area (Å²) < 4.78 is 0. The topological polar surface area (TPSA) is 40.5 Å². The molecule has 0 aliphatic carbocycles. The van der Waals surface area contributed by atoms with E-state index in [-0.39, 0.29) is 11.7 Å². The molecule has 2 saturated heterocycles. The molecule has 0 radical (unpaired) electrons. The summed E-state index contributed by atoms with van der Waals surface area (Å²) in [4.78, 5) is 13.9. The first-order valence-corrected chi connectivity index (χ1v) is 5.04. The third kappa shape index (κ3) is 1.30. The van der Waals surface area contributed by atoms with Crippen molar-refractivity contribution in [2.75, 3.05) is 7.05 Å². The molecule has 1 N–H and O–H groups in total. The van der Waals surface area contributed by atoms with Crippen LogP contribution in [-0.4, -0.2) is 41.0 Å². The Hall–Kier alpha value is -0.410. The van der Waals surface area contributed by atoms with Gasteiger partial charge in [0.1, 0.15) is 5.78 Å². The molecule has 3 heteroatoms. The number of Topliss-reactive ketones (excluding diaryl/α,β-unsaturated/α-hetero) is 1. The van der Waals surface area contributed by atoms with Gasteiger partial charge in [-0.25, -0.2) is 0 Å². The molecule has 0 aromatic rings. The molecule has 13 heavy (non-hydrogen) atoms. The van der Waals surface area contributed by atoms with Gasteiger partial charge < -0.3 is 5.11 Å². The molecule has 2 rings (SSSR count). The Kier molecular flexibility index (Phi) is 2.16. The van der Waals surface area contributed by atoms with Crippen LogP contribution in [0.4, 0.5) is 0 Å². The van der Waals surface area contributed by atoms with Gasteiger partial charge in [-0.3, -0.25) is 9.69 Å². The van der Waals surface area contributed by atoms with Gasteiger partial charge in [-0.1, -0.05) is 0 Å². The van der Waals surface area contributed by atoms with Gasteiger partial charge in [-0.15, -0.1) is 0 Å². The lowest BCUT2D eigenvalue weighted by molar-refractivity contribution is -0.133. The number of carbonyl (C=O) groups excluding carboxylic acids is 1. The Morgan fingerprint density at radius 3 is 2.85 bits per heavy atom. The summed E-state index contributed by atoms with van der Waals surface area (Å²) in [7, 11) is 2.07. The molecule has 0 aromatic heterocycles. The van der Waals surface area contributed by atoms with Crippen LogP contribution in [0.1, 0.15) is 26.2 Å². The van der Waals surface area contributed by atoms with E-state index in [2.05, 4.69) is 11.9 Å². The normalized spacial score (nSPS) is 42.4. The second-order valence-electron chi connectivity index (χ2n) is 4.40. The number of aliphatic hydroxyl groups is 1. The van der Waals surface area contributed by atoms with Gasteiger partial charge >= 0.3 is 0 Å². The van der Waals surface area contributed by atoms with Crippen molar-refractivity contribution in [1.29, 1.82) is 0 Å². The van der Waals surface area contributed by atoms with Crippen LogP contribution in [0.15, 0.2) is 0 Å². The van der Waals surface area contributed by atoms with Crippen LogP contribution in [0.5, 0.6) is 0 Å². The fourth-order valence-electron chi connectivity index (χ4n) is 2.89. The molecule has 4 unspecified atom stereocenters. The third-order valence-corrected chi connectivity index (χ3v) is 3.64. The number of carbonyl (C=O) groups is 1. The van der Waals surface area contributed by atoms with Crippen molar-refractivity contribution in [2.24, 2.45) is 5.92 Å². The standard InChI is InChI=1S/C10H17NO2/c1-6(12)10-8-4-3-7(11(8)2)5-9(10)13/h6-8,10,12H,3-5H2,1-2H3. The van der Waals surface area contributed by atoms with E-state index in [0.29, 0.717) is 18.5 Å². The van der Waals surface area contributed by atoms with Gasteiger partial charge in [0.05, 0.1) is 12.0 Å². The highest BCUT2D eigenvalue weighted by atomic mass is 16.3. The zero-order valence-corrected chi connectivity index (χ0v) is 8.23. The molecule has 74 valence electrons. The van der Waals surface area contributed by atoms with Gasteiger partial charge in [0.25, 0.3) is 0 Å². The van der Waals surface area contributed by atoms with E-state index in [1.165, 1.54) is 0 Å². The monoisotopic (exact) mass is 183 g/mol. The fraction of sp³-hybridized carbons (Fsp3) is 0.900. The Morgan fingerprint density at radius 2 is 2.23 bits per heavy atom. The minimum atomic E-state index is -0.487. The van der Waals surface area contributed by atoms with Crippen molar-refractivity contribution in [2.45, 2.75) is 44.4 Å². The summed E-state index contributed by atoms with van der Waals surface area (Å²) >= 11 is 0. The van der Waals surface area contributed by atoms with E-state index >= 15 is 0 Å². The molecular weight excluding hydrogens is 166 g/mol. The number of fused-ring (bicyclic) bond motifs is 2. The molecule has 2 heterocycles. The predicted octanol–water partition coefficient (Wildman–Crippen LogP) is 0.419. The van der Waals surface area contributed by atoms with Gasteiger partial charge in [-0.2, -0.15) is 0 Å². The summed E-state index contributed by atoms with van der Waals surface area (Å²) in [5, 5.41) is 9.54. The number of piperidine rings is 1. The maximum Gasteiger partial charge on any atom is 0.141 e. The Bertz CT molecular complexity index is 227. The zero-order valence-electron chi connectivity index (χ0n) is 8.23. The van der Waals surface area contributed by atoms with Crippen LogP contribution in [0.3, 0.4) is 0 Å². The molecule has 0 aromatic carbocycles. The zero-order chi connectivity index (χ0) is 9.59. The van der Waals surface area contributed by atoms with E-state index in [0.717, 1.165) is 12.8 Å². The van der Waals surface area contributed by atoms with Crippen molar-refractivity contribution < 1.29 is 9.90 Å². The lowest BCUT2D eigenvalue weighted by atomic mass is 9.85. The summed E-state index contributed by atoms with van der Waals surface area (Å²) in [6.45, 7) is 1.73. The average molecular weight is 183 g/mol. The number of ketones is 1. The summed E-state index contributed by atoms with van der Waals surface area (Å²) in [6, 6.07) is 0.749. The average Bonchev–Trinajstić information content (AvgIpc) is 2.34. The first kappa shape index (κ1) is 9.16. The third-order valence-electron chi connectivity index (χ3n) is 3.64. The lowest BCUT2D eigenvalue weighted by Crippen LogP contribution is -2.50. The van der Waals surface area contributed by atoms with Gasteiger partial charge in [-0.05, 0) is 26.8 Å².